The van der Waals surface area contributed by atoms with E-state index in [1.54, 1.807) is 16.7 Å². The van der Waals surface area contributed by atoms with Crippen LogP contribution >= 0.6 is 0 Å². The van der Waals surface area contributed by atoms with Gasteiger partial charge >= 0.3 is 6.29 Å². The van der Waals surface area contributed by atoms with Gasteiger partial charge in [-0.25, -0.2) is 4.39 Å². The molecule has 1 unspecified atom stereocenters. The molecule has 6 rings (SSSR count). The molecular formula is C34H42F3N3O6. The van der Waals surface area contributed by atoms with Gasteiger partial charge in [0.1, 0.15) is 5.82 Å². The number of alkyl halides is 2. The lowest BCUT2D eigenvalue weighted by Gasteiger charge is -2.31. The number of aromatic nitrogens is 1. The summed E-state index contributed by atoms with van der Waals surface area (Å²) in [5.41, 5.74) is 0.221. The van der Waals surface area contributed by atoms with Crippen LogP contribution in [-0.2, 0) is 26.9 Å². The number of nitrogens with one attached hydrogen (secondary N) is 1. The average molecular weight is 646 g/mol. The minimum atomic E-state index is -3.77. The molecule has 3 aromatic rings. The van der Waals surface area contributed by atoms with E-state index in [-0.39, 0.29) is 23.7 Å². The number of carbonyl (C=O) groups excluding carboxylic acids is 1. The van der Waals surface area contributed by atoms with Gasteiger partial charge in [-0.1, -0.05) is 26.8 Å². The van der Waals surface area contributed by atoms with Crippen molar-refractivity contribution < 1.29 is 42.4 Å². The Morgan fingerprint density at radius 1 is 1.13 bits per heavy atom. The predicted molar refractivity (Wildman–Crippen MR) is 166 cm³/mol. The molecule has 250 valence electrons. The lowest BCUT2D eigenvalue weighted by Crippen LogP contribution is -2.36. The Labute approximate surface area is 266 Å². The first-order valence-electron chi connectivity index (χ1n) is 15.9. The second-order valence-electron chi connectivity index (χ2n) is 13.7. The van der Waals surface area contributed by atoms with E-state index in [0.717, 1.165) is 31.2 Å². The van der Waals surface area contributed by atoms with E-state index in [2.05, 4.69) is 26.6 Å². The molecule has 1 aliphatic carbocycles. The number of aliphatic hydroxyl groups excluding tert-OH is 2. The van der Waals surface area contributed by atoms with Gasteiger partial charge in [0.25, 0.3) is 0 Å². The molecule has 12 heteroatoms. The molecular weight excluding hydrogens is 603 g/mol. The maximum absolute atomic E-state index is 15.6. The van der Waals surface area contributed by atoms with Gasteiger partial charge in [0.05, 0.1) is 49.1 Å². The van der Waals surface area contributed by atoms with Crippen LogP contribution in [0.3, 0.4) is 0 Å². The van der Waals surface area contributed by atoms with Crippen molar-refractivity contribution in [3.05, 3.63) is 53.5 Å². The number of fused-ring (bicyclic) bond motifs is 2. The van der Waals surface area contributed by atoms with E-state index in [9.17, 15) is 23.8 Å². The van der Waals surface area contributed by atoms with Gasteiger partial charge in [-0.2, -0.15) is 0 Å². The van der Waals surface area contributed by atoms with Gasteiger partial charge in [0.15, 0.2) is 11.5 Å². The Morgan fingerprint density at radius 3 is 2.54 bits per heavy atom. The van der Waals surface area contributed by atoms with Crippen molar-refractivity contribution in [1.82, 2.24) is 9.47 Å². The number of amides is 1. The summed E-state index contributed by atoms with van der Waals surface area (Å²) in [7, 11) is 0. The first-order chi connectivity index (χ1) is 21.8. The number of anilines is 1. The van der Waals surface area contributed by atoms with Crippen molar-refractivity contribution in [2.75, 3.05) is 44.8 Å². The molecule has 9 nitrogen and oxygen atoms in total. The highest BCUT2D eigenvalue weighted by atomic mass is 19.3. The molecule has 2 fully saturated rings. The zero-order chi connectivity index (χ0) is 32.9. The smallest absolute Gasteiger partial charge is 0.395 e. The van der Waals surface area contributed by atoms with Crippen molar-refractivity contribution in [1.29, 1.82) is 0 Å². The second kappa shape index (κ2) is 12.4. The molecule has 1 saturated carbocycles. The number of nitrogens with zero attached hydrogens (tertiary/aromatic N) is 2. The highest BCUT2D eigenvalue weighted by molar-refractivity contribution is 6.03. The molecule has 0 radical (unpaired) electrons. The maximum atomic E-state index is 15.6. The molecule has 0 bridgehead atoms. The van der Waals surface area contributed by atoms with Crippen molar-refractivity contribution in [3.8, 4) is 11.5 Å². The minimum absolute atomic E-state index is 0.0210. The molecule has 0 spiro atoms. The maximum Gasteiger partial charge on any atom is 0.586 e. The molecule has 46 heavy (non-hydrogen) atoms. The largest absolute Gasteiger partial charge is 0.586 e. The number of rotatable bonds is 12. The average Bonchev–Trinajstić information content (AvgIpc) is 3.66. The van der Waals surface area contributed by atoms with Crippen molar-refractivity contribution in [2.24, 2.45) is 5.92 Å². The van der Waals surface area contributed by atoms with E-state index in [1.807, 2.05) is 19.9 Å². The van der Waals surface area contributed by atoms with Gasteiger partial charge in [-0.3, -0.25) is 4.79 Å². The molecule has 1 amide bonds. The summed E-state index contributed by atoms with van der Waals surface area (Å²) >= 11 is 0. The Balaban J connectivity index is 1.21. The summed E-state index contributed by atoms with van der Waals surface area (Å²) in [6, 6.07) is 9.03. The Morgan fingerprint density at radius 2 is 1.85 bits per heavy atom. The fourth-order valence-electron chi connectivity index (χ4n) is 6.55. The van der Waals surface area contributed by atoms with E-state index < -0.39 is 41.6 Å². The molecule has 2 aromatic carbocycles. The van der Waals surface area contributed by atoms with Crippen LogP contribution in [0.4, 0.5) is 18.9 Å². The summed E-state index contributed by atoms with van der Waals surface area (Å²) < 4.78 is 59.7. The normalized spacial score (nSPS) is 19.8. The first-order valence-corrected chi connectivity index (χ1v) is 15.9. The summed E-state index contributed by atoms with van der Waals surface area (Å²) in [6.45, 7) is 9.86. The van der Waals surface area contributed by atoms with Gasteiger partial charge in [0, 0.05) is 29.1 Å². The fourth-order valence-corrected chi connectivity index (χ4v) is 6.55. The lowest BCUT2D eigenvalue weighted by atomic mass is 9.90. The third-order valence-corrected chi connectivity index (χ3v) is 9.57. The number of benzene rings is 2. The van der Waals surface area contributed by atoms with E-state index >= 15 is 4.39 Å². The summed E-state index contributed by atoms with van der Waals surface area (Å²) in [6.07, 6.45) is -1.52. The Hall–Kier alpha value is -3.32. The van der Waals surface area contributed by atoms with E-state index in [4.69, 9.17) is 4.74 Å². The number of carbonyl (C=O) groups is 1. The molecule has 3 aliphatic rings. The van der Waals surface area contributed by atoms with Crippen LogP contribution in [0.2, 0.25) is 0 Å². The number of piperidine rings is 1. The number of aliphatic hydroxyl groups is 2. The number of ether oxygens (including phenoxy) is 3. The molecule has 1 aromatic heterocycles. The topological polar surface area (TPSA) is 105 Å². The second-order valence-corrected chi connectivity index (χ2v) is 13.7. The van der Waals surface area contributed by atoms with Gasteiger partial charge in [0.2, 0.25) is 5.91 Å². The molecule has 3 heterocycles. The van der Waals surface area contributed by atoms with Gasteiger partial charge < -0.3 is 39.2 Å². The Kier molecular flexibility index (Phi) is 8.77. The molecule has 1 saturated heterocycles. The monoisotopic (exact) mass is 645 g/mol. The summed E-state index contributed by atoms with van der Waals surface area (Å²) in [4.78, 5) is 15.9. The number of halogens is 3. The van der Waals surface area contributed by atoms with Gasteiger partial charge in [-0.15, -0.1) is 8.78 Å². The van der Waals surface area contributed by atoms with Crippen LogP contribution < -0.4 is 14.8 Å². The van der Waals surface area contributed by atoms with Crippen molar-refractivity contribution in [3.63, 3.8) is 0 Å². The van der Waals surface area contributed by atoms with E-state index in [1.165, 1.54) is 31.0 Å². The summed E-state index contributed by atoms with van der Waals surface area (Å²) in [5.74, 6) is -0.631. The van der Waals surface area contributed by atoms with Crippen LogP contribution in [0, 0.1) is 11.7 Å². The third-order valence-electron chi connectivity index (χ3n) is 9.57. The highest BCUT2D eigenvalue weighted by Crippen LogP contribution is 2.52. The molecule has 2 aliphatic heterocycles. The fraction of sp³-hybridized carbons (Fsp3) is 0.559. The van der Waals surface area contributed by atoms with Gasteiger partial charge in [-0.05, 0) is 74.5 Å². The standard InChI is InChI=1S/C34H42F3N3O6/c1-21-6-10-39(11-7-21)12-13-44-20-32(2,3)30-15-22-14-26(25(35)17-27(22)40(30)18-24(42)19-41)38-31(43)33(8-9-33)23-4-5-28-29(16-23)46-34(36,37)45-28/h4-5,14-17,21,24,41-42H,6-13,18-20H2,1-3H3,(H,38,43). The minimum Gasteiger partial charge on any atom is -0.395 e. The SMILES string of the molecule is CC1CCN(CCOCC(C)(C)c2cc3cc(NC(=O)C4(c5ccc6c(c5)OC(F)(F)O6)CC4)c(F)cc3n2CC(O)CO)CC1. The van der Waals surface area contributed by atoms with Crippen LogP contribution in [-0.4, -0.2) is 77.4 Å². The van der Waals surface area contributed by atoms with Crippen LogP contribution in [0.25, 0.3) is 10.9 Å². The lowest BCUT2D eigenvalue weighted by molar-refractivity contribution is -0.286. The zero-order valence-corrected chi connectivity index (χ0v) is 26.5. The molecule has 3 N–H and O–H groups in total. The zero-order valence-electron chi connectivity index (χ0n) is 26.5. The number of hydrogen-bond acceptors (Lipinski definition) is 7. The first kappa shape index (κ1) is 32.6. The van der Waals surface area contributed by atoms with Crippen LogP contribution in [0.15, 0.2) is 36.4 Å². The van der Waals surface area contributed by atoms with Crippen LogP contribution in [0.5, 0.6) is 11.5 Å². The highest BCUT2D eigenvalue weighted by Gasteiger charge is 2.53. The number of hydrogen-bond donors (Lipinski definition) is 3. The van der Waals surface area contributed by atoms with Crippen LogP contribution in [0.1, 0.15) is 57.7 Å². The molecule has 1 atom stereocenters. The Bertz CT molecular complexity index is 1600. The van der Waals surface area contributed by atoms with E-state index in [0.29, 0.717) is 42.5 Å². The third kappa shape index (κ3) is 6.58. The predicted octanol–water partition coefficient (Wildman–Crippen LogP) is 5.15. The van der Waals surface area contributed by atoms with Crippen molar-refractivity contribution >= 4 is 22.5 Å². The van der Waals surface area contributed by atoms with Crippen molar-refractivity contribution in [2.45, 2.75) is 76.2 Å². The quantitative estimate of drug-likeness (QED) is 0.234. The summed E-state index contributed by atoms with van der Waals surface area (Å²) in [5, 5.41) is 23.3. The number of likely N-dealkylation sites (tertiary alicyclic amines) is 1.